The number of esters is 1. The topological polar surface area (TPSA) is 35.5 Å². The Kier molecular flexibility index (Phi) is 6.11. The third-order valence-electron chi connectivity index (χ3n) is 4.88. The summed E-state index contributed by atoms with van der Waals surface area (Å²) >= 11 is 1.73. The minimum absolute atomic E-state index is 0.315. The fourth-order valence-corrected chi connectivity index (χ4v) is 4.97. The van der Waals surface area contributed by atoms with Crippen LogP contribution in [0.25, 0.3) is 5.57 Å². The lowest BCUT2D eigenvalue weighted by molar-refractivity contribution is -0.166. The summed E-state index contributed by atoms with van der Waals surface area (Å²) in [7, 11) is 0. The van der Waals surface area contributed by atoms with Crippen LogP contribution in [0.1, 0.15) is 72.2 Å². The molecule has 0 aliphatic heterocycles. The number of ether oxygens (including phenoxy) is 2. The number of hydrogen-bond donors (Lipinski definition) is 0. The van der Waals surface area contributed by atoms with E-state index in [1.165, 1.54) is 21.6 Å². The second-order valence-corrected chi connectivity index (χ2v) is 9.61. The van der Waals surface area contributed by atoms with Gasteiger partial charge in [-0.3, -0.25) is 0 Å². The molecule has 4 heteroatoms. The molecular formula is C24H30O3S. The Labute approximate surface area is 172 Å². The van der Waals surface area contributed by atoms with Crippen molar-refractivity contribution in [2.24, 2.45) is 0 Å². The highest BCUT2D eigenvalue weighted by Crippen LogP contribution is 2.44. The van der Waals surface area contributed by atoms with Gasteiger partial charge >= 0.3 is 5.97 Å². The summed E-state index contributed by atoms with van der Waals surface area (Å²) in [4.78, 5) is 15.2. The first kappa shape index (κ1) is 20.8. The molecule has 0 saturated carbocycles. The van der Waals surface area contributed by atoms with Gasteiger partial charge in [0.05, 0.1) is 12.2 Å². The first-order valence-corrected chi connectivity index (χ1v) is 10.8. The van der Waals surface area contributed by atoms with Gasteiger partial charge in [-0.05, 0) is 71.1 Å². The summed E-state index contributed by atoms with van der Waals surface area (Å²) in [5, 5.41) is 0. The number of carbonyl (C=O) groups excluding carboxylic acids is 1. The van der Waals surface area contributed by atoms with Crippen LogP contribution in [0.3, 0.4) is 0 Å². The number of thiophene rings is 1. The molecule has 1 aliphatic carbocycles. The monoisotopic (exact) mass is 398 g/mol. The zero-order chi connectivity index (χ0) is 20.5. The molecule has 150 valence electrons. The molecule has 0 fully saturated rings. The maximum absolute atomic E-state index is 12.9. The number of hydrogen-bond acceptors (Lipinski definition) is 4. The summed E-state index contributed by atoms with van der Waals surface area (Å²) in [5.41, 5.74) is 5.46. The molecule has 0 radical (unpaired) electrons. The van der Waals surface area contributed by atoms with Crippen molar-refractivity contribution in [3.63, 3.8) is 0 Å². The standard InChI is InChI=1S/C24H30O3S/c1-7-26-23(25)22(27-24(4,5)6)21-16(3)28-15(2)20(21)19-14-10-12-17-11-8-9-13-18(17)19/h8-9,11,13-14,22H,7,10,12H2,1-6H3. The first-order valence-electron chi connectivity index (χ1n) is 9.96. The Morgan fingerprint density at radius 3 is 2.57 bits per heavy atom. The number of rotatable bonds is 5. The molecule has 2 aromatic rings. The van der Waals surface area contributed by atoms with Crippen LogP contribution in [-0.2, 0) is 20.7 Å². The summed E-state index contributed by atoms with van der Waals surface area (Å²) < 4.78 is 11.7. The zero-order valence-electron chi connectivity index (χ0n) is 17.7. The van der Waals surface area contributed by atoms with Gasteiger partial charge < -0.3 is 9.47 Å². The number of allylic oxidation sites excluding steroid dienone is 1. The van der Waals surface area contributed by atoms with Crippen molar-refractivity contribution in [1.29, 1.82) is 0 Å². The Bertz CT molecular complexity index is 899. The molecule has 0 bridgehead atoms. The third-order valence-corrected chi connectivity index (χ3v) is 5.92. The number of aryl methyl sites for hydroxylation is 3. The van der Waals surface area contributed by atoms with E-state index >= 15 is 0 Å². The third kappa shape index (κ3) is 4.23. The molecule has 1 atom stereocenters. The van der Waals surface area contributed by atoms with E-state index in [9.17, 15) is 4.79 Å². The van der Waals surface area contributed by atoms with E-state index in [2.05, 4.69) is 44.2 Å². The number of carbonyl (C=O) groups is 1. The lowest BCUT2D eigenvalue weighted by atomic mass is 9.84. The number of fused-ring (bicyclic) bond motifs is 1. The van der Waals surface area contributed by atoms with Crippen molar-refractivity contribution >= 4 is 22.9 Å². The van der Waals surface area contributed by atoms with Gasteiger partial charge in [0.2, 0.25) is 0 Å². The molecule has 1 heterocycles. The van der Waals surface area contributed by atoms with Crippen LogP contribution in [0.2, 0.25) is 0 Å². The van der Waals surface area contributed by atoms with E-state index in [1.807, 2.05) is 27.7 Å². The van der Waals surface area contributed by atoms with Gasteiger partial charge in [-0.2, -0.15) is 0 Å². The zero-order valence-corrected chi connectivity index (χ0v) is 18.5. The highest BCUT2D eigenvalue weighted by atomic mass is 32.1. The molecule has 3 rings (SSSR count). The molecule has 1 aromatic carbocycles. The lowest BCUT2D eigenvalue weighted by Crippen LogP contribution is -2.29. The summed E-state index contributed by atoms with van der Waals surface area (Å²) in [6, 6.07) is 8.56. The second-order valence-electron chi connectivity index (χ2n) is 8.18. The number of benzene rings is 1. The maximum Gasteiger partial charge on any atom is 0.340 e. The van der Waals surface area contributed by atoms with Gasteiger partial charge in [0.25, 0.3) is 0 Å². The van der Waals surface area contributed by atoms with Crippen molar-refractivity contribution in [3.8, 4) is 0 Å². The highest BCUT2D eigenvalue weighted by molar-refractivity contribution is 7.12. The fraction of sp³-hybridized carbons (Fsp3) is 0.458. The summed E-state index contributed by atoms with van der Waals surface area (Å²) in [6.45, 7) is 12.3. The van der Waals surface area contributed by atoms with E-state index < -0.39 is 11.7 Å². The fourth-order valence-electron chi connectivity index (χ4n) is 3.87. The van der Waals surface area contributed by atoms with Gasteiger partial charge in [0.1, 0.15) is 0 Å². The Balaban J connectivity index is 2.17. The molecule has 0 amide bonds. The molecule has 0 spiro atoms. The molecule has 1 aliphatic rings. The van der Waals surface area contributed by atoms with Crippen molar-refractivity contribution in [2.45, 2.75) is 66.1 Å². The first-order chi connectivity index (χ1) is 13.2. The normalized spacial score (nSPS) is 15.0. The second kappa shape index (κ2) is 8.22. The van der Waals surface area contributed by atoms with Crippen molar-refractivity contribution < 1.29 is 14.3 Å². The lowest BCUT2D eigenvalue weighted by Gasteiger charge is -2.28. The van der Waals surface area contributed by atoms with Crippen LogP contribution >= 0.6 is 11.3 Å². The van der Waals surface area contributed by atoms with Gasteiger partial charge in [0, 0.05) is 20.9 Å². The minimum atomic E-state index is -0.727. The average Bonchev–Trinajstić information content (AvgIpc) is 2.92. The predicted octanol–water partition coefficient (Wildman–Crippen LogP) is 6.16. The highest BCUT2D eigenvalue weighted by Gasteiger charge is 2.34. The molecule has 1 unspecified atom stereocenters. The van der Waals surface area contributed by atoms with Crippen LogP contribution in [-0.4, -0.2) is 18.2 Å². The van der Waals surface area contributed by atoms with Crippen molar-refractivity contribution in [2.75, 3.05) is 6.61 Å². The van der Waals surface area contributed by atoms with E-state index in [0.717, 1.165) is 28.8 Å². The van der Waals surface area contributed by atoms with E-state index in [1.54, 1.807) is 11.3 Å². The maximum atomic E-state index is 12.9. The molecule has 0 N–H and O–H groups in total. The van der Waals surface area contributed by atoms with Gasteiger partial charge in [-0.1, -0.05) is 30.3 Å². The predicted molar refractivity (Wildman–Crippen MR) is 116 cm³/mol. The van der Waals surface area contributed by atoms with Crippen LogP contribution < -0.4 is 0 Å². The van der Waals surface area contributed by atoms with Gasteiger partial charge in [-0.25, -0.2) is 4.79 Å². The average molecular weight is 399 g/mol. The van der Waals surface area contributed by atoms with Crippen LogP contribution in [0.15, 0.2) is 30.3 Å². The summed E-state index contributed by atoms with van der Waals surface area (Å²) in [6.07, 6.45) is 3.64. The van der Waals surface area contributed by atoms with Crippen LogP contribution in [0, 0.1) is 13.8 Å². The molecule has 28 heavy (non-hydrogen) atoms. The molecular weight excluding hydrogens is 368 g/mol. The Morgan fingerprint density at radius 1 is 1.18 bits per heavy atom. The van der Waals surface area contributed by atoms with Crippen LogP contribution in [0.4, 0.5) is 0 Å². The minimum Gasteiger partial charge on any atom is -0.464 e. The Morgan fingerprint density at radius 2 is 1.89 bits per heavy atom. The molecule has 0 saturated heterocycles. The largest absolute Gasteiger partial charge is 0.464 e. The Hall–Kier alpha value is -1.91. The van der Waals surface area contributed by atoms with Gasteiger partial charge in [-0.15, -0.1) is 11.3 Å². The molecule has 3 nitrogen and oxygen atoms in total. The quantitative estimate of drug-likeness (QED) is 0.566. The van der Waals surface area contributed by atoms with E-state index in [4.69, 9.17) is 9.47 Å². The van der Waals surface area contributed by atoms with E-state index in [-0.39, 0.29) is 5.97 Å². The van der Waals surface area contributed by atoms with Crippen molar-refractivity contribution in [1.82, 2.24) is 0 Å². The molecule has 1 aromatic heterocycles. The smallest absolute Gasteiger partial charge is 0.340 e. The van der Waals surface area contributed by atoms with Gasteiger partial charge in [0.15, 0.2) is 6.10 Å². The summed E-state index contributed by atoms with van der Waals surface area (Å²) in [5.74, 6) is -0.315. The van der Waals surface area contributed by atoms with Crippen molar-refractivity contribution in [3.05, 3.63) is 62.3 Å². The SMILES string of the molecule is CCOC(=O)C(OC(C)(C)C)c1c(C)sc(C)c1C1=CCCc2ccccc21. The van der Waals surface area contributed by atoms with Crippen LogP contribution in [0.5, 0.6) is 0 Å². The van der Waals surface area contributed by atoms with E-state index in [0.29, 0.717) is 6.61 Å².